The molecule has 2 unspecified atom stereocenters. The molecule has 0 N–H and O–H groups in total. The number of allylic oxidation sites excluding steroid dienone is 2. The number of aryl methyl sites for hydroxylation is 2. The Hall–Kier alpha value is -4.26. The van der Waals surface area contributed by atoms with Gasteiger partial charge in [-0.15, -0.1) is 0 Å². The topological polar surface area (TPSA) is 0 Å². The van der Waals surface area contributed by atoms with Crippen molar-refractivity contribution in [1.29, 1.82) is 0 Å². The molecule has 0 heterocycles. The van der Waals surface area contributed by atoms with E-state index in [4.69, 9.17) is 0 Å². The summed E-state index contributed by atoms with van der Waals surface area (Å²) in [7, 11) is 0.308. The lowest BCUT2D eigenvalue weighted by Crippen LogP contribution is -2.11. The van der Waals surface area contributed by atoms with Crippen molar-refractivity contribution in [2.45, 2.75) is 89.2 Å². The van der Waals surface area contributed by atoms with Gasteiger partial charge in [0, 0.05) is 21.4 Å². The lowest BCUT2D eigenvalue weighted by molar-refractivity contribution is -0.144. The molecule has 6 rings (SSSR count). The fourth-order valence-electron chi connectivity index (χ4n) is 7.90. The van der Waals surface area contributed by atoms with Gasteiger partial charge >= 0.3 is 24.7 Å². The Balaban J connectivity index is 1.33. The molecule has 0 aliphatic heterocycles. The Bertz CT molecular complexity index is 1980. The van der Waals surface area contributed by atoms with Crippen LogP contribution in [0.15, 0.2) is 71.8 Å². The van der Waals surface area contributed by atoms with E-state index in [0.717, 1.165) is 46.5 Å². The van der Waals surface area contributed by atoms with Crippen LogP contribution in [0.4, 0.5) is 52.7 Å². The Labute approximate surface area is 312 Å². The van der Waals surface area contributed by atoms with Crippen LogP contribution >= 0.6 is 0 Å². The molecule has 55 heavy (non-hydrogen) atoms. The summed E-state index contributed by atoms with van der Waals surface area (Å²) >= 11 is 0. The molecular weight excluding hydrogens is 761 g/mol. The van der Waals surface area contributed by atoms with Gasteiger partial charge in [0.2, 0.25) is 0 Å². The minimum atomic E-state index is -5.00. The number of rotatable bonds is 8. The molecule has 0 spiro atoms. The van der Waals surface area contributed by atoms with E-state index in [0.29, 0.717) is 67.8 Å². The average Bonchev–Trinajstić information content (AvgIpc) is 3.63. The van der Waals surface area contributed by atoms with E-state index in [1.165, 1.54) is 0 Å². The van der Waals surface area contributed by atoms with Crippen molar-refractivity contribution in [3.63, 3.8) is 0 Å². The van der Waals surface area contributed by atoms with Crippen LogP contribution in [-0.2, 0) is 24.7 Å². The Morgan fingerprint density at radius 1 is 0.473 bits per heavy atom. The standard InChI is InChI=1S/C42H34F12Si/c1-5-23-15-33-31(9-7-21(3)37(33)25-11-27(39(43,44)45)17-28(12-25)40(46,47)48)35(23)19-55-20-36-24(6-2)16-34-32(36)10-8-22(4)38(34)26-13-29(41(49,50)51)18-30(14-26)42(52,53)54/h7-18,35-36H,5-6,19-20H2,1-4H3. The second-order valence-corrected chi connectivity index (χ2v) is 15.3. The zero-order chi connectivity index (χ0) is 40.4. The molecule has 2 aliphatic carbocycles. The van der Waals surface area contributed by atoms with Gasteiger partial charge in [-0.3, -0.25) is 0 Å². The highest BCUT2D eigenvalue weighted by Gasteiger charge is 2.40. The summed E-state index contributed by atoms with van der Waals surface area (Å²) < 4.78 is 166. The highest BCUT2D eigenvalue weighted by molar-refractivity contribution is 6.36. The fourth-order valence-corrected chi connectivity index (χ4v) is 9.60. The summed E-state index contributed by atoms with van der Waals surface area (Å²) in [4.78, 5) is 0. The molecule has 4 aromatic carbocycles. The lowest BCUT2D eigenvalue weighted by atomic mass is 9.88. The molecule has 2 aliphatic rings. The maximum atomic E-state index is 13.8. The van der Waals surface area contributed by atoms with Gasteiger partial charge in [-0.05, 0) is 119 Å². The second-order valence-electron chi connectivity index (χ2n) is 14.0. The van der Waals surface area contributed by atoms with Gasteiger partial charge in [-0.25, -0.2) is 0 Å². The maximum absolute atomic E-state index is 13.8. The van der Waals surface area contributed by atoms with Crippen molar-refractivity contribution >= 4 is 21.7 Å². The van der Waals surface area contributed by atoms with E-state index in [9.17, 15) is 52.7 Å². The molecule has 0 bridgehead atoms. The van der Waals surface area contributed by atoms with Gasteiger partial charge in [0.05, 0.1) is 22.3 Å². The fraction of sp³-hybridized carbons (Fsp3) is 0.333. The number of halogens is 12. The summed E-state index contributed by atoms with van der Waals surface area (Å²) in [5.74, 6) is -0.306. The van der Waals surface area contributed by atoms with Crippen molar-refractivity contribution in [2.24, 2.45) is 0 Å². The van der Waals surface area contributed by atoms with Gasteiger partial charge in [0.25, 0.3) is 0 Å². The Kier molecular flexibility index (Phi) is 10.5. The maximum Gasteiger partial charge on any atom is 0.416 e. The van der Waals surface area contributed by atoms with E-state index in [-0.39, 0.29) is 35.1 Å². The molecule has 4 aromatic rings. The molecule has 0 amide bonds. The van der Waals surface area contributed by atoms with Crippen LogP contribution in [0.25, 0.3) is 34.4 Å². The SMILES string of the molecule is CCC1=Cc2c(ccc(C)c2-c2cc(C(F)(F)F)cc(C(F)(F)F)c2)C1C[Si]CC1C(CC)=Cc2c1ccc(C)c2-c1cc(C(F)(F)F)cc(C(F)(F)F)c1. The zero-order valence-corrected chi connectivity index (χ0v) is 30.9. The minimum absolute atomic E-state index is 0.114. The molecule has 290 valence electrons. The quantitative estimate of drug-likeness (QED) is 0.123. The van der Waals surface area contributed by atoms with Crippen molar-refractivity contribution < 1.29 is 52.7 Å². The summed E-state index contributed by atoms with van der Waals surface area (Å²) in [5, 5.41) is 0. The number of hydrogen-bond donors (Lipinski definition) is 0. The van der Waals surface area contributed by atoms with Crippen LogP contribution in [0, 0.1) is 13.8 Å². The summed E-state index contributed by atoms with van der Waals surface area (Å²) in [5.41, 5.74) is 0.456. The summed E-state index contributed by atoms with van der Waals surface area (Å²) in [6.45, 7) is 7.15. The molecule has 0 fully saturated rings. The summed E-state index contributed by atoms with van der Waals surface area (Å²) in [6, 6.07) is 11.6. The number of alkyl halides is 12. The average molecular weight is 795 g/mol. The third kappa shape index (κ3) is 7.91. The Morgan fingerprint density at radius 2 is 0.782 bits per heavy atom. The molecule has 0 saturated heterocycles. The number of benzene rings is 4. The van der Waals surface area contributed by atoms with E-state index >= 15 is 0 Å². The molecule has 2 radical (unpaired) electrons. The molecular formula is C42H34F12Si. The van der Waals surface area contributed by atoms with E-state index < -0.39 is 47.0 Å². The van der Waals surface area contributed by atoms with Crippen LogP contribution in [0.5, 0.6) is 0 Å². The first-order valence-corrected chi connectivity index (χ1v) is 18.9. The van der Waals surface area contributed by atoms with Crippen molar-refractivity contribution in [1.82, 2.24) is 0 Å². The first-order chi connectivity index (χ1) is 25.5. The van der Waals surface area contributed by atoms with Gasteiger partial charge < -0.3 is 0 Å². The van der Waals surface area contributed by atoms with E-state index in [1.54, 1.807) is 26.0 Å². The van der Waals surface area contributed by atoms with E-state index in [2.05, 4.69) is 0 Å². The highest BCUT2D eigenvalue weighted by atomic mass is 28.2. The van der Waals surface area contributed by atoms with Gasteiger partial charge in [-0.2, -0.15) is 52.7 Å². The predicted octanol–water partition coefficient (Wildman–Crippen LogP) is 14.7. The predicted molar refractivity (Wildman–Crippen MR) is 191 cm³/mol. The van der Waals surface area contributed by atoms with Crippen LogP contribution in [-0.4, -0.2) is 9.52 Å². The number of hydrogen-bond acceptors (Lipinski definition) is 0. The monoisotopic (exact) mass is 794 g/mol. The lowest BCUT2D eigenvalue weighted by Gasteiger charge is -2.21. The third-order valence-corrected chi connectivity index (χ3v) is 11.9. The van der Waals surface area contributed by atoms with Crippen molar-refractivity contribution in [3.05, 3.63) is 127 Å². The Morgan fingerprint density at radius 3 is 1.05 bits per heavy atom. The highest BCUT2D eigenvalue weighted by Crippen LogP contribution is 2.50. The third-order valence-electron chi connectivity index (χ3n) is 10.5. The number of fused-ring (bicyclic) bond motifs is 2. The smallest absolute Gasteiger partial charge is 0.166 e. The molecule has 0 aromatic heterocycles. The van der Waals surface area contributed by atoms with E-state index in [1.807, 2.05) is 38.1 Å². The molecule has 2 atom stereocenters. The van der Waals surface area contributed by atoms with Crippen LogP contribution in [0.3, 0.4) is 0 Å². The first-order valence-electron chi connectivity index (χ1n) is 17.5. The summed E-state index contributed by atoms with van der Waals surface area (Å²) in [6.07, 6.45) is -15.1. The van der Waals surface area contributed by atoms with Gasteiger partial charge in [0.1, 0.15) is 0 Å². The minimum Gasteiger partial charge on any atom is -0.166 e. The molecule has 13 heteroatoms. The normalized spacial score (nSPS) is 17.3. The molecule has 0 saturated carbocycles. The van der Waals surface area contributed by atoms with Gasteiger partial charge in [0.15, 0.2) is 0 Å². The van der Waals surface area contributed by atoms with Crippen molar-refractivity contribution in [3.8, 4) is 22.3 Å². The van der Waals surface area contributed by atoms with Crippen LogP contribution in [0.2, 0.25) is 12.1 Å². The first kappa shape index (κ1) is 40.4. The second kappa shape index (κ2) is 14.3. The largest absolute Gasteiger partial charge is 0.416 e. The van der Waals surface area contributed by atoms with Crippen LogP contribution in [0.1, 0.15) is 94.2 Å². The zero-order valence-electron chi connectivity index (χ0n) is 29.9. The van der Waals surface area contributed by atoms with Crippen molar-refractivity contribution in [2.75, 3.05) is 0 Å². The van der Waals surface area contributed by atoms with Gasteiger partial charge in [-0.1, -0.05) is 73.5 Å². The van der Waals surface area contributed by atoms with Crippen LogP contribution < -0.4 is 0 Å². The molecule has 0 nitrogen and oxygen atoms in total.